The van der Waals surface area contributed by atoms with E-state index in [-0.39, 0.29) is 30.0 Å². The number of hydrogen-bond acceptors (Lipinski definition) is 5. The van der Waals surface area contributed by atoms with E-state index in [1.54, 1.807) is 0 Å². The molecule has 1 aromatic carbocycles. The summed E-state index contributed by atoms with van der Waals surface area (Å²) >= 11 is 1.83. The Morgan fingerprint density at radius 2 is 1.66 bits per heavy atom. The summed E-state index contributed by atoms with van der Waals surface area (Å²) in [5, 5.41) is 3.12. The van der Waals surface area contributed by atoms with Gasteiger partial charge in [-0.25, -0.2) is 4.79 Å². The highest BCUT2D eigenvalue weighted by molar-refractivity contribution is 8.00. The fourth-order valence-electron chi connectivity index (χ4n) is 3.24. The Bertz CT molecular complexity index is 728. The fourth-order valence-corrected chi connectivity index (χ4v) is 5.04. The molecule has 0 aliphatic carbocycles. The standard InChI is InChI=1S/C21H34BNO4SSi/c1-19(2)20(3,4)27-22(26-19)17-10-8-16(9-11-17)21(14-28-15-21)23-18(24)25-12-13-29(5,6)7/h8-11H,12-15H2,1-7H3,(H,23,24). The lowest BCUT2D eigenvalue weighted by atomic mass is 9.77. The highest BCUT2D eigenvalue weighted by Crippen LogP contribution is 2.39. The second-order valence-corrected chi connectivity index (χ2v) is 17.0. The van der Waals surface area contributed by atoms with Gasteiger partial charge in [0.2, 0.25) is 0 Å². The van der Waals surface area contributed by atoms with Gasteiger partial charge in [-0.1, -0.05) is 43.9 Å². The lowest BCUT2D eigenvalue weighted by Crippen LogP contribution is -2.55. The van der Waals surface area contributed by atoms with Gasteiger partial charge in [0.1, 0.15) is 0 Å². The van der Waals surface area contributed by atoms with E-state index in [2.05, 4.69) is 64.8 Å². The van der Waals surface area contributed by atoms with E-state index < -0.39 is 8.07 Å². The van der Waals surface area contributed by atoms with Crippen molar-refractivity contribution in [1.82, 2.24) is 5.32 Å². The summed E-state index contributed by atoms with van der Waals surface area (Å²) in [4.78, 5) is 12.4. The van der Waals surface area contributed by atoms with Crippen molar-refractivity contribution < 1.29 is 18.8 Å². The second kappa shape index (κ2) is 7.95. The van der Waals surface area contributed by atoms with Crippen molar-refractivity contribution in [2.45, 2.75) is 70.1 Å². The number of alkyl carbamates (subject to hydrolysis) is 1. The minimum atomic E-state index is -1.21. The number of amides is 1. The molecule has 0 radical (unpaired) electrons. The van der Waals surface area contributed by atoms with Crippen molar-refractivity contribution >= 4 is 38.5 Å². The third kappa shape index (κ3) is 5.03. The minimum Gasteiger partial charge on any atom is -0.450 e. The molecule has 2 heterocycles. The molecular formula is C21H34BNO4SSi. The van der Waals surface area contributed by atoms with E-state index in [1.165, 1.54) is 0 Å². The Hall–Kier alpha value is -0.958. The van der Waals surface area contributed by atoms with Gasteiger partial charge in [-0.2, -0.15) is 11.8 Å². The van der Waals surface area contributed by atoms with Crippen LogP contribution >= 0.6 is 11.8 Å². The maximum atomic E-state index is 12.4. The number of rotatable bonds is 6. The van der Waals surface area contributed by atoms with Crippen LogP contribution in [-0.2, 0) is 19.6 Å². The SMILES string of the molecule is CC1(C)OB(c2ccc(C3(NC(=O)OCC[Si](C)(C)C)CSC3)cc2)OC1(C)C. The Morgan fingerprint density at radius 3 is 2.10 bits per heavy atom. The van der Waals surface area contributed by atoms with E-state index in [9.17, 15) is 4.79 Å². The third-order valence-corrected chi connectivity index (χ3v) is 9.21. The first kappa shape index (κ1) is 22.7. The average molecular weight is 435 g/mol. The van der Waals surface area contributed by atoms with Crippen LogP contribution in [0.4, 0.5) is 4.79 Å². The molecule has 3 rings (SSSR count). The molecule has 0 atom stereocenters. The van der Waals surface area contributed by atoms with Gasteiger partial charge in [0.15, 0.2) is 0 Å². The Balaban J connectivity index is 1.64. The van der Waals surface area contributed by atoms with Crippen molar-refractivity contribution in [2.75, 3.05) is 18.1 Å². The van der Waals surface area contributed by atoms with Gasteiger partial charge in [-0.3, -0.25) is 0 Å². The Kier molecular flexibility index (Phi) is 6.23. The van der Waals surface area contributed by atoms with E-state index in [0.29, 0.717) is 6.61 Å². The summed E-state index contributed by atoms with van der Waals surface area (Å²) in [6, 6.07) is 9.21. The van der Waals surface area contributed by atoms with Gasteiger partial charge in [-0.15, -0.1) is 0 Å². The van der Waals surface area contributed by atoms with Crippen LogP contribution in [0.5, 0.6) is 0 Å². The van der Waals surface area contributed by atoms with Crippen molar-refractivity contribution in [3.05, 3.63) is 29.8 Å². The molecule has 1 amide bonds. The maximum Gasteiger partial charge on any atom is 0.494 e. The van der Waals surface area contributed by atoms with Crippen LogP contribution in [-0.4, -0.2) is 50.6 Å². The molecule has 2 saturated heterocycles. The number of carbonyl (C=O) groups is 1. The number of nitrogens with one attached hydrogen (secondary N) is 1. The maximum absolute atomic E-state index is 12.4. The summed E-state index contributed by atoms with van der Waals surface area (Å²) in [6.45, 7) is 15.5. The first-order valence-electron chi connectivity index (χ1n) is 10.3. The molecule has 0 bridgehead atoms. The first-order valence-corrected chi connectivity index (χ1v) is 15.2. The number of benzene rings is 1. The van der Waals surface area contributed by atoms with Crippen LogP contribution in [0.1, 0.15) is 33.3 Å². The van der Waals surface area contributed by atoms with Crippen LogP contribution in [0, 0.1) is 0 Å². The van der Waals surface area contributed by atoms with Crippen LogP contribution in [0.2, 0.25) is 25.7 Å². The molecular weight excluding hydrogens is 401 g/mol. The predicted molar refractivity (Wildman–Crippen MR) is 124 cm³/mol. The van der Waals surface area contributed by atoms with Crippen LogP contribution in [0.15, 0.2) is 24.3 Å². The van der Waals surface area contributed by atoms with Crippen molar-refractivity contribution in [3.63, 3.8) is 0 Å². The monoisotopic (exact) mass is 435 g/mol. The molecule has 1 aromatic rings. The van der Waals surface area contributed by atoms with Crippen molar-refractivity contribution in [2.24, 2.45) is 0 Å². The van der Waals surface area contributed by atoms with Gasteiger partial charge < -0.3 is 19.4 Å². The Labute approximate surface area is 180 Å². The van der Waals surface area contributed by atoms with Gasteiger partial charge in [0.25, 0.3) is 0 Å². The largest absolute Gasteiger partial charge is 0.494 e. The zero-order valence-electron chi connectivity index (χ0n) is 18.8. The molecule has 8 heteroatoms. The highest BCUT2D eigenvalue weighted by atomic mass is 32.2. The van der Waals surface area contributed by atoms with Crippen LogP contribution < -0.4 is 10.8 Å². The summed E-state index contributed by atoms with van der Waals surface area (Å²) in [5.74, 6) is 1.71. The highest BCUT2D eigenvalue weighted by Gasteiger charge is 2.51. The molecule has 1 N–H and O–H groups in total. The molecule has 160 valence electrons. The van der Waals surface area contributed by atoms with Crippen molar-refractivity contribution in [1.29, 1.82) is 0 Å². The van der Waals surface area contributed by atoms with E-state index >= 15 is 0 Å². The molecule has 0 spiro atoms. The summed E-state index contributed by atoms with van der Waals surface area (Å²) in [5.41, 5.74) is 1.02. The molecule has 2 aliphatic heterocycles. The third-order valence-electron chi connectivity index (χ3n) is 6.11. The smallest absolute Gasteiger partial charge is 0.450 e. The van der Waals surface area contributed by atoms with Gasteiger partial charge >= 0.3 is 13.2 Å². The molecule has 0 aromatic heterocycles. The van der Waals surface area contributed by atoms with E-state index in [4.69, 9.17) is 14.0 Å². The van der Waals surface area contributed by atoms with Crippen LogP contribution in [0.3, 0.4) is 0 Å². The lowest BCUT2D eigenvalue weighted by Gasteiger charge is -2.42. The lowest BCUT2D eigenvalue weighted by molar-refractivity contribution is 0.00578. The number of carbonyl (C=O) groups excluding carboxylic acids is 1. The van der Waals surface area contributed by atoms with Gasteiger partial charge in [0, 0.05) is 19.6 Å². The molecule has 0 saturated carbocycles. The van der Waals surface area contributed by atoms with Gasteiger partial charge in [0.05, 0.1) is 23.3 Å². The molecule has 5 nitrogen and oxygen atoms in total. The predicted octanol–water partition coefficient (Wildman–Crippen LogP) is 3.99. The molecule has 29 heavy (non-hydrogen) atoms. The quantitative estimate of drug-likeness (QED) is 0.685. The van der Waals surface area contributed by atoms with Crippen molar-refractivity contribution in [3.8, 4) is 0 Å². The zero-order valence-corrected chi connectivity index (χ0v) is 20.6. The molecule has 0 unspecified atom stereocenters. The molecule has 2 fully saturated rings. The fraction of sp³-hybridized carbons (Fsp3) is 0.667. The first-order chi connectivity index (χ1) is 13.3. The van der Waals surface area contributed by atoms with Gasteiger partial charge in [-0.05, 0) is 44.8 Å². The van der Waals surface area contributed by atoms with E-state index in [1.807, 2.05) is 23.9 Å². The van der Waals surface area contributed by atoms with Crippen LogP contribution in [0.25, 0.3) is 0 Å². The number of ether oxygens (including phenoxy) is 1. The average Bonchev–Trinajstić information content (AvgIpc) is 2.78. The number of hydrogen-bond donors (Lipinski definition) is 1. The number of thioether (sulfide) groups is 1. The summed E-state index contributed by atoms with van der Waals surface area (Å²) in [7, 11) is -1.59. The minimum absolute atomic E-state index is 0.321. The summed E-state index contributed by atoms with van der Waals surface area (Å²) in [6.07, 6.45) is -0.321. The van der Waals surface area contributed by atoms with E-state index in [0.717, 1.165) is 28.6 Å². The summed E-state index contributed by atoms with van der Waals surface area (Å²) < 4.78 is 17.7. The second-order valence-electron chi connectivity index (χ2n) is 10.4. The Morgan fingerprint density at radius 1 is 1.10 bits per heavy atom. The zero-order chi connectivity index (χ0) is 21.5. The topological polar surface area (TPSA) is 56.8 Å². The molecule has 2 aliphatic rings. The normalized spacial score (nSPS) is 22.1.